The van der Waals surface area contributed by atoms with E-state index < -0.39 is 11.7 Å². The summed E-state index contributed by atoms with van der Waals surface area (Å²) < 4.78 is 38.2. The number of hydrogen-bond donors (Lipinski definition) is 1. The number of carbonyl (C=O) groups is 2. The number of aromatic nitrogens is 1. The van der Waals surface area contributed by atoms with Gasteiger partial charge in [0, 0.05) is 18.3 Å². The van der Waals surface area contributed by atoms with Gasteiger partial charge in [0.15, 0.2) is 0 Å². The van der Waals surface area contributed by atoms with E-state index in [1.165, 1.54) is 24.1 Å². The monoisotopic (exact) mass is 433 g/mol. The molecule has 1 N–H and O–H groups in total. The van der Waals surface area contributed by atoms with E-state index in [9.17, 15) is 22.8 Å². The Kier molecular flexibility index (Phi) is 6.21. The SMILES string of the molecule is Cc1nc(-c2ccc(C(F)(F)F)cc2)sc1C(=O)N(C)CC(=O)Nc1ccccc1. The van der Waals surface area contributed by atoms with Crippen LogP contribution in [-0.2, 0) is 11.0 Å². The fourth-order valence-corrected chi connectivity index (χ4v) is 3.77. The number of amides is 2. The molecule has 0 atom stereocenters. The van der Waals surface area contributed by atoms with Gasteiger partial charge < -0.3 is 10.2 Å². The van der Waals surface area contributed by atoms with E-state index in [1.54, 1.807) is 31.2 Å². The largest absolute Gasteiger partial charge is 0.416 e. The number of likely N-dealkylation sites (N-methyl/N-ethyl adjacent to an activating group) is 1. The van der Waals surface area contributed by atoms with Gasteiger partial charge in [-0.05, 0) is 31.2 Å². The molecule has 0 bridgehead atoms. The summed E-state index contributed by atoms with van der Waals surface area (Å²) in [5, 5.41) is 3.14. The lowest BCUT2D eigenvalue weighted by molar-refractivity contribution is -0.137. The lowest BCUT2D eigenvalue weighted by atomic mass is 10.1. The molecule has 0 aliphatic rings. The smallest absolute Gasteiger partial charge is 0.332 e. The van der Waals surface area contributed by atoms with Crippen molar-refractivity contribution in [2.75, 3.05) is 18.9 Å². The molecule has 0 fully saturated rings. The minimum Gasteiger partial charge on any atom is -0.332 e. The molecule has 0 spiro atoms. The quantitative estimate of drug-likeness (QED) is 0.626. The van der Waals surface area contributed by atoms with Gasteiger partial charge in [0.25, 0.3) is 5.91 Å². The molecule has 1 aromatic heterocycles. The minimum atomic E-state index is -4.42. The van der Waals surface area contributed by atoms with Crippen LogP contribution < -0.4 is 5.32 Å². The van der Waals surface area contributed by atoms with Crippen molar-refractivity contribution in [3.63, 3.8) is 0 Å². The molecule has 9 heteroatoms. The van der Waals surface area contributed by atoms with E-state index in [-0.39, 0.29) is 18.4 Å². The molecule has 0 unspecified atom stereocenters. The lowest BCUT2D eigenvalue weighted by Gasteiger charge is -2.16. The average Bonchev–Trinajstić information content (AvgIpc) is 3.09. The number of aryl methyl sites for hydroxylation is 1. The maximum absolute atomic E-state index is 12.8. The highest BCUT2D eigenvalue weighted by Crippen LogP contribution is 2.33. The summed E-state index contributed by atoms with van der Waals surface area (Å²) in [4.78, 5) is 30.8. The Morgan fingerprint density at radius 2 is 1.70 bits per heavy atom. The molecular formula is C21H18F3N3O2S. The predicted molar refractivity (Wildman–Crippen MR) is 109 cm³/mol. The zero-order valence-corrected chi connectivity index (χ0v) is 17.0. The van der Waals surface area contributed by atoms with Crippen molar-refractivity contribution in [2.24, 2.45) is 0 Å². The number of para-hydroxylation sites is 1. The number of thiazole rings is 1. The van der Waals surface area contributed by atoms with Crippen molar-refractivity contribution < 1.29 is 22.8 Å². The van der Waals surface area contributed by atoms with E-state index >= 15 is 0 Å². The Morgan fingerprint density at radius 3 is 2.30 bits per heavy atom. The molecule has 3 rings (SSSR count). The molecule has 0 aliphatic carbocycles. The van der Waals surface area contributed by atoms with Gasteiger partial charge in [-0.2, -0.15) is 13.2 Å². The van der Waals surface area contributed by atoms with Gasteiger partial charge in [-0.1, -0.05) is 30.3 Å². The number of anilines is 1. The van der Waals surface area contributed by atoms with Crippen LogP contribution in [-0.4, -0.2) is 35.3 Å². The van der Waals surface area contributed by atoms with Gasteiger partial charge in [0.2, 0.25) is 5.91 Å². The van der Waals surface area contributed by atoms with Crippen LogP contribution in [0.3, 0.4) is 0 Å². The molecule has 0 radical (unpaired) electrons. The fraction of sp³-hybridized carbons (Fsp3) is 0.190. The van der Waals surface area contributed by atoms with E-state index in [0.29, 0.717) is 26.8 Å². The standard InChI is InChI=1S/C21H18F3N3O2S/c1-13-18(20(29)27(2)12-17(28)26-16-6-4-3-5-7-16)30-19(25-13)14-8-10-15(11-9-14)21(22,23)24/h3-11H,12H2,1-2H3,(H,26,28). The maximum atomic E-state index is 12.8. The van der Waals surface area contributed by atoms with Crippen LogP contribution in [0.25, 0.3) is 10.6 Å². The molecule has 0 saturated heterocycles. The number of benzene rings is 2. The Balaban J connectivity index is 1.70. The Bertz CT molecular complexity index is 1050. The first kappa shape index (κ1) is 21.5. The van der Waals surface area contributed by atoms with E-state index in [4.69, 9.17) is 0 Å². The second kappa shape index (κ2) is 8.66. The molecule has 3 aromatic rings. The van der Waals surface area contributed by atoms with E-state index in [2.05, 4.69) is 10.3 Å². The Morgan fingerprint density at radius 1 is 1.07 bits per heavy atom. The highest BCUT2D eigenvalue weighted by Gasteiger charge is 2.30. The summed E-state index contributed by atoms with van der Waals surface area (Å²) in [7, 11) is 1.50. The zero-order chi connectivity index (χ0) is 21.9. The van der Waals surface area contributed by atoms with Crippen molar-refractivity contribution in [1.82, 2.24) is 9.88 Å². The summed E-state index contributed by atoms with van der Waals surface area (Å²) in [5.74, 6) is -0.728. The summed E-state index contributed by atoms with van der Waals surface area (Å²) >= 11 is 1.08. The van der Waals surface area contributed by atoms with Crippen molar-refractivity contribution in [2.45, 2.75) is 13.1 Å². The molecule has 0 aliphatic heterocycles. The fourth-order valence-electron chi connectivity index (χ4n) is 2.70. The highest BCUT2D eigenvalue weighted by molar-refractivity contribution is 7.17. The van der Waals surface area contributed by atoms with Crippen molar-refractivity contribution in [3.05, 3.63) is 70.7 Å². The molecule has 0 saturated carbocycles. The van der Waals surface area contributed by atoms with Crippen LogP contribution in [0, 0.1) is 6.92 Å². The van der Waals surface area contributed by atoms with Gasteiger partial charge in [0.05, 0.1) is 17.8 Å². The van der Waals surface area contributed by atoms with Gasteiger partial charge in [0.1, 0.15) is 9.88 Å². The predicted octanol–water partition coefficient (Wildman–Crippen LogP) is 4.85. The molecule has 156 valence electrons. The second-order valence-corrected chi connectivity index (χ2v) is 7.58. The van der Waals surface area contributed by atoms with Crippen LogP contribution in [0.4, 0.5) is 18.9 Å². The Hall–Kier alpha value is -3.20. The minimum absolute atomic E-state index is 0.152. The third-order valence-electron chi connectivity index (χ3n) is 4.24. The van der Waals surface area contributed by atoms with Crippen LogP contribution >= 0.6 is 11.3 Å². The number of halogens is 3. The molecule has 2 amide bonds. The van der Waals surface area contributed by atoms with E-state index in [0.717, 1.165) is 23.5 Å². The third-order valence-corrected chi connectivity index (χ3v) is 5.43. The summed E-state index contributed by atoms with van der Waals surface area (Å²) in [5.41, 5.74) is 0.816. The highest BCUT2D eigenvalue weighted by atomic mass is 32.1. The molecule has 2 aromatic carbocycles. The van der Waals surface area contributed by atoms with Crippen LogP contribution in [0.5, 0.6) is 0 Å². The van der Waals surface area contributed by atoms with Gasteiger partial charge >= 0.3 is 6.18 Å². The lowest BCUT2D eigenvalue weighted by Crippen LogP contribution is -2.34. The van der Waals surface area contributed by atoms with Gasteiger partial charge in [-0.3, -0.25) is 9.59 Å². The van der Waals surface area contributed by atoms with Crippen molar-refractivity contribution in [1.29, 1.82) is 0 Å². The first-order valence-electron chi connectivity index (χ1n) is 8.90. The molecule has 5 nitrogen and oxygen atoms in total. The number of nitrogens with one attached hydrogen (secondary N) is 1. The number of alkyl halides is 3. The van der Waals surface area contributed by atoms with Crippen molar-refractivity contribution >= 4 is 28.8 Å². The van der Waals surface area contributed by atoms with Crippen LogP contribution in [0.1, 0.15) is 20.9 Å². The third kappa shape index (κ3) is 5.04. The molecule has 30 heavy (non-hydrogen) atoms. The number of rotatable bonds is 5. The number of carbonyl (C=O) groups excluding carboxylic acids is 2. The normalized spacial score (nSPS) is 11.2. The summed E-state index contributed by atoms with van der Waals surface area (Å²) in [6, 6.07) is 13.5. The Labute approximate surface area is 175 Å². The second-order valence-electron chi connectivity index (χ2n) is 6.58. The van der Waals surface area contributed by atoms with Gasteiger partial charge in [-0.15, -0.1) is 11.3 Å². The first-order valence-corrected chi connectivity index (χ1v) is 9.72. The number of hydrogen-bond acceptors (Lipinski definition) is 4. The van der Waals surface area contributed by atoms with Crippen LogP contribution in [0.2, 0.25) is 0 Å². The average molecular weight is 433 g/mol. The molecular weight excluding hydrogens is 415 g/mol. The zero-order valence-electron chi connectivity index (χ0n) is 16.2. The van der Waals surface area contributed by atoms with E-state index in [1.807, 2.05) is 6.07 Å². The molecule has 1 heterocycles. The first-order chi connectivity index (χ1) is 14.1. The van der Waals surface area contributed by atoms with Crippen LogP contribution in [0.15, 0.2) is 54.6 Å². The maximum Gasteiger partial charge on any atom is 0.416 e. The summed E-state index contributed by atoms with van der Waals surface area (Å²) in [6.45, 7) is 1.50. The topological polar surface area (TPSA) is 62.3 Å². The van der Waals surface area contributed by atoms with Crippen molar-refractivity contribution in [3.8, 4) is 10.6 Å². The van der Waals surface area contributed by atoms with Gasteiger partial charge in [-0.25, -0.2) is 4.98 Å². The number of nitrogens with zero attached hydrogens (tertiary/aromatic N) is 2. The summed E-state index contributed by atoms with van der Waals surface area (Å²) in [6.07, 6.45) is -4.42.